The van der Waals surface area contributed by atoms with E-state index in [2.05, 4.69) is 36.4 Å². The fraction of sp³-hybridized carbons (Fsp3) is 0.450. The highest BCUT2D eigenvalue weighted by Crippen LogP contribution is 2.53. The Balaban J connectivity index is 1.98. The van der Waals surface area contributed by atoms with E-state index in [-0.39, 0.29) is 11.5 Å². The fourth-order valence-electron chi connectivity index (χ4n) is 3.49. The molecule has 1 aromatic carbocycles. The van der Waals surface area contributed by atoms with Crippen molar-refractivity contribution in [3.8, 4) is 11.5 Å². The Hall–Kier alpha value is -1.46. The third-order valence-corrected chi connectivity index (χ3v) is 7.05. The van der Waals surface area contributed by atoms with Gasteiger partial charge in [-0.25, -0.2) is 0 Å². The van der Waals surface area contributed by atoms with Gasteiger partial charge in [0.05, 0.1) is 20.8 Å². The van der Waals surface area contributed by atoms with Crippen molar-refractivity contribution in [3.05, 3.63) is 45.1 Å². The second-order valence-electron chi connectivity index (χ2n) is 7.05. The van der Waals surface area contributed by atoms with Crippen molar-refractivity contribution in [2.45, 2.75) is 45.3 Å². The van der Waals surface area contributed by atoms with Crippen LogP contribution in [0.3, 0.4) is 0 Å². The van der Waals surface area contributed by atoms with Gasteiger partial charge in [0, 0.05) is 12.6 Å². The van der Waals surface area contributed by atoms with E-state index in [1.165, 1.54) is 0 Å². The van der Waals surface area contributed by atoms with Crippen LogP contribution in [0.4, 0.5) is 0 Å². The zero-order valence-electron chi connectivity index (χ0n) is 15.2. The fourth-order valence-corrected chi connectivity index (χ4v) is 4.50. The van der Waals surface area contributed by atoms with Gasteiger partial charge < -0.3 is 14.7 Å². The summed E-state index contributed by atoms with van der Waals surface area (Å²) in [7, 11) is 1.73. The summed E-state index contributed by atoms with van der Waals surface area (Å²) >= 11 is 9.73. The quantitative estimate of drug-likeness (QED) is 0.672. The van der Waals surface area contributed by atoms with Crippen LogP contribution in [0.15, 0.2) is 33.9 Å². The minimum atomic E-state index is -1.37. The molecule has 0 aromatic heterocycles. The molecule has 140 valence electrons. The lowest BCUT2D eigenvalue weighted by molar-refractivity contribution is 0.0221. The Morgan fingerprint density at radius 2 is 2.15 bits per heavy atom. The molecule has 0 radical (unpaired) electrons. The maximum Gasteiger partial charge on any atom is 0.281 e. The van der Waals surface area contributed by atoms with Gasteiger partial charge in [0.1, 0.15) is 11.5 Å². The first-order valence-corrected chi connectivity index (χ1v) is 10.00. The number of carbonyl (C=O) groups excluding carboxylic acids is 1. The number of carbonyl (C=O) groups is 1. The molecule has 1 spiro atoms. The molecule has 6 heteroatoms. The molecule has 2 aliphatic heterocycles. The number of phenolic OH excluding ortho intramolecular Hbond substituents is 1. The molecule has 2 atom stereocenters. The number of halogens is 2. The number of rotatable bonds is 5. The standard InChI is InChI=1S/C20H23BrClNO3/c1-5-11(2)7-6-8-13-15(24)10-9-14-17(13)26-20(19(14)25)18(21)16(22)12(3)23(20)4/h9-11,24H,3,5-8H2,1-2,4H3. The van der Waals surface area contributed by atoms with Crippen LogP contribution in [-0.4, -0.2) is 28.6 Å². The van der Waals surface area contributed by atoms with Gasteiger partial charge in [0.2, 0.25) is 5.78 Å². The summed E-state index contributed by atoms with van der Waals surface area (Å²) < 4.78 is 6.64. The molecule has 0 saturated heterocycles. The highest BCUT2D eigenvalue weighted by atomic mass is 79.9. The normalized spacial score (nSPS) is 23.0. The van der Waals surface area contributed by atoms with E-state index in [1.54, 1.807) is 24.1 Å². The van der Waals surface area contributed by atoms with Crippen LogP contribution >= 0.6 is 27.5 Å². The van der Waals surface area contributed by atoms with Crippen LogP contribution < -0.4 is 4.74 Å². The van der Waals surface area contributed by atoms with Crippen molar-refractivity contribution in [1.29, 1.82) is 0 Å². The Labute approximate surface area is 167 Å². The van der Waals surface area contributed by atoms with Gasteiger partial charge in [-0.15, -0.1) is 0 Å². The Morgan fingerprint density at radius 3 is 2.73 bits per heavy atom. The lowest BCUT2D eigenvalue weighted by Gasteiger charge is -2.32. The molecule has 3 rings (SSSR count). The van der Waals surface area contributed by atoms with Gasteiger partial charge in [-0.05, 0) is 46.8 Å². The first-order valence-electron chi connectivity index (χ1n) is 8.83. The number of phenols is 1. The number of hydrogen-bond acceptors (Lipinski definition) is 4. The Bertz CT molecular complexity index is 820. The molecule has 1 N–H and O–H groups in total. The number of nitrogens with zero attached hydrogens (tertiary/aromatic N) is 1. The number of likely N-dealkylation sites (N-methyl/N-ethyl adjacent to an activating group) is 1. The van der Waals surface area contributed by atoms with Crippen LogP contribution in [0.2, 0.25) is 0 Å². The van der Waals surface area contributed by atoms with E-state index in [0.29, 0.717) is 44.4 Å². The molecule has 1 aromatic rings. The Morgan fingerprint density at radius 1 is 1.46 bits per heavy atom. The molecular weight excluding hydrogens is 418 g/mol. The van der Waals surface area contributed by atoms with Gasteiger partial charge in [-0.3, -0.25) is 4.79 Å². The highest BCUT2D eigenvalue weighted by Gasteiger charge is 2.59. The second-order valence-corrected chi connectivity index (χ2v) is 8.23. The number of aromatic hydroxyl groups is 1. The van der Waals surface area contributed by atoms with Crippen molar-refractivity contribution in [2.75, 3.05) is 7.05 Å². The maximum atomic E-state index is 13.2. The minimum Gasteiger partial charge on any atom is -0.508 e. The highest BCUT2D eigenvalue weighted by molar-refractivity contribution is 9.11. The van der Waals surface area contributed by atoms with Crippen molar-refractivity contribution in [1.82, 2.24) is 4.90 Å². The molecule has 0 bridgehead atoms. The number of fused-ring (bicyclic) bond motifs is 1. The van der Waals surface area contributed by atoms with Gasteiger partial charge in [0.15, 0.2) is 0 Å². The van der Waals surface area contributed by atoms with Crippen molar-refractivity contribution < 1.29 is 14.6 Å². The van der Waals surface area contributed by atoms with Gasteiger partial charge in [0.25, 0.3) is 5.72 Å². The number of ether oxygens (including phenoxy) is 1. The van der Waals surface area contributed by atoms with Gasteiger partial charge in [-0.1, -0.05) is 44.9 Å². The van der Waals surface area contributed by atoms with Crippen LogP contribution in [0, 0.1) is 5.92 Å². The predicted octanol–water partition coefficient (Wildman–Crippen LogP) is 5.34. The SMILES string of the molecule is C=C1C(Cl)=C(Br)C2(Oc3c(ccc(O)c3CCCC(C)CC)C2=O)N1C. The molecule has 0 aliphatic carbocycles. The van der Waals surface area contributed by atoms with Gasteiger partial charge >= 0.3 is 0 Å². The molecular formula is C20H23BrClNO3. The maximum absolute atomic E-state index is 13.2. The van der Waals surface area contributed by atoms with E-state index in [1.807, 2.05) is 0 Å². The number of ketones is 1. The summed E-state index contributed by atoms with van der Waals surface area (Å²) in [6.07, 6.45) is 3.76. The summed E-state index contributed by atoms with van der Waals surface area (Å²) in [6.45, 7) is 8.31. The summed E-state index contributed by atoms with van der Waals surface area (Å²) in [5, 5.41) is 10.7. The first kappa shape index (κ1) is 19.3. The van der Waals surface area contributed by atoms with E-state index in [4.69, 9.17) is 16.3 Å². The molecule has 2 heterocycles. The van der Waals surface area contributed by atoms with Crippen molar-refractivity contribution >= 4 is 33.3 Å². The molecule has 4 nitrogen and oxygen atoms in total. The number of hydrogen-bond donors (Lipinski definition) is 1. The van der Waals surface area contributed by atoms with Gasteiger partial charge in [-0.2, -0.15) is 0 Å². The third kappa shape index (κ3) is 2.67. The summed E-state index contributed by atoms with van der Waals surface area (Å²) in [6, 6.07) is 3.18. The summed E-state index contributed by atoms with van der Waals surface area (Å²) in [5.74, 6) is 1.02. The largest absolute Gasteiger partial charge is 0.508 e. The average Bonchev–Trinajstić information content (AvgIpc) is 3.01. The van der Waals surface area contributed by atoms with Crippen LogP contribution in [-0.2, 0) is 6.42 Å². The summed E-state index contributed by atoms with van der Waals surface area (Å²) in [5.41, 5.74) is 0.292. The second kappa shape index (κ2) is 6.93. The smallest absolute Gasteiger partial charge is 0.281 e. The topological polar surface area (TPSA) is 49.8 Å². The minimum absolute atomic E-state index is 0.156. The number of benzene rings is 1. The molecule has 26 heavy (non-hydrogen) atoms. The molecule has 2 aliphatic rings. The Kier molecular flexibility index (Phi) is 5.15. The molecule has 0 fully saturated rings. The average molecular weight is 441 g/mol. The predicted molar refractivity (Wildman–Crippen MR) is 107 cm³/mol. The van der Waals surface area contributed by atoms with E-state index in [0.717, 1.165) is 19.3 Å². The molecule has 0 amide bonds. The van der Waals surface area contributed by atoms with Crippen LogP contribution in [0.5, 0.6) is 11.5 Å². The number of Topliss-reactive ketones (excluding diaryl/α,β-unsaturated/α-hetero) is 1. The molecule has 2 unspecified atom stereocenters. The zero-order chi connectivity index (χ0) is 19.2. The van der Waals surface area contributed by atoms with E-state index < -0.39 is 5.72 Å². The number of allylic oxidation sites excluding steroid dienone is 1. The monoisotopic (exact) mass is 439 g/mol. The lowest BCUT2D eigenvalue weighted by atomic mass is 9.96. The van der Waals surface area contributed by atoms with Crippen LogP contribution in [0.25, 0.3) is 0 Å². The zero-order valence-corrected chi connectivity index (χ0v) is 17.6. The van der Waals surface area contributed by atoms with E-state index in [9.17, 15) is 9.90 Å². The summed E-state index contributed by atoms with van der Waals surface area (Å²) in [4.78, 5) is 14.9. The van der Waals surface area contributed by atoms with Crippen molar-refractivity contribution in [2.24, 2.45) is 5.92 Å². The van der Waals surface area contributed by atoms with Crippen molar-refractivity contribution in [3.63, 3.8) is 0 Å². The lowest BCUT2D eigenvalue weighted by Crippen LogP contribution is -2.50. The first-order chi connectivity index (χ1) is 12.3. The van der Waals surface area contributed by atoms with Crippen LogP contribution in [0.1, 0.15) is 49.0 Å². The molecule has 0 saturated carbocycles. The third-order valence-electron chi connectivity index (χ3n) is 5.48. The van der Waals surface area contributed by atoms with E-state index >= 15 is 0 Å².